The molecule has 2 aliphatic heterocycles. The average molecular weight is 600 g/mol. The van der Waals surface area contributed by atoms with Crippen LogP contribution < -0.4 is 10.6 Å². The molecule has 0 aliphatic carbocycles. The molecule has 1 aromatic heterocycles. The van der Waals surface area contributed by atoms with E-state index in [1.54, 1.807) is 26.6 Å². The number of hydrogen-bond donors (Lipinski definition) is 2. The number of allylic oxidation sites excluding steroid dienone is 3. The van der Waals surface area contributed by atoms with Gasteiger partial charge in [0.25, 0.3) is 5.91 Å². The molecule has 10 heteroatoms. The molecule has 0 radical (unpaired) electrons. The zero-order valence-corrected chi connectivity index (χ0v) is 26.8. The van der Waals surface area contributed by atoms with Gasteiger partial charge in [-0.2, -0.15) is 5.10 Å². The van der Waals surface area contributed by atoms with Gasteiger partial charge >= 0.3 is 6.03 Å². The number of rotatable bonds is 10. The van der Waals surface area contributed by atoms with Crippen molar-refractivity contribution in [3.05, 3.63) is 95.8 Å². The number of carbonyl (C=O) groups excluding carboxylic acids is 3. The Hall–Kier alpha value is -4.44. The highest BCUT2D eigenvalue weighted by Crippen LogP contribution is 2.42. The Morgan fingerprint density at radius 2 is 1.89 bits per heavy atom. The molecule has 2 atom stereocenters. The lowest BCUT2D eigenvalue weighted by atomic mass is 9.97. The number of aryl methyl sites for hydroxylation is 1. The van der Waals surface area contributed by atoms with Crippen molar-refractivity contribution < 1.29 is 14.4 Å². The van der Waals surface area contributed by atoms with Gasteiger partial charge in [0.1, 0.15) is 0 Å². The van der Waals surface area contributed by atoms with E-state index in [4.69, 9.17) is 0 Å². The minimum absolute atomic E-state index is 0.0540. The summed E-state index contributed by atoms with van der Waals surface area (Å²) >= 11 is 0. The topological polar surface area (TPSA) is 103 Å². The van der Waals surface area contributed by atoms with Gasteiger partial charge in [0.15, 0.2) is 5.82 Å². The van der Waals surface area contributed by atoms with E-state index in [0.717, 1.165) is 28.8 Å². The Morgan fingerprint density at radius 3 is 2.52 bits per heavy atom. The summed E-state index contributed by atoms with van der Waals surface area (Å²) in [4.78, 5) is 44.6. The van der Waals surface area contributed by atoms with E-state index in [0.29, 0.717) is 37.6 Å². The first-order chi connectivity index (χ1) is 20.9. The van der Waals surface area contributed by atoms with E-state index >= 15 is 0 Å². The van der Waals surface area contributed by atoms with Gasteiger partial charge in [-0.3, -0.25) is 14.3 Å². The fraction of sp³-hybridized carbons (Fsp3) is 0.412. The number of aromatic nitrogens is 2. The number of anilines is 1. The van der Waals surface area contributed by atoms with Gasteiger partial charge in [-0.05, 0) is 70.6 Å². The minimum Gasteiger partial charge on any atom is -0.339 e. The summed E-state index contributed by atoms with van der Waals surface area (Å²) in [5, 5.41) is 10.8. The second-order valence-corrected chi connectivity index (χ2v) is 12.2. The van der Waals surface area contributed by atoms with Gasteiger partial charge in [-0.25, -0.2) is 4.79 Å². The predicted octanol–water partition coefficient (Wildman–Crippen LogP) is 4.55. The minimum atomic E-state index is -0.668. The molecule has 2 aromatic rings. The maximum absolute atomic E-state index is 13.7. The summed E-state index contributed by atoms with van der Waals surface area (Å²) in [7, 11) is 5.75. The SMILES string of the molecule is C=CC(=O)N1CCC(c2ccc(C(=O)Nc3nn(C)c4c3CN(C(=O)N[C@H](CN(C)C)C(=C)/C=C\C=C/C)C4(C)C)cc2)C1. The van der Waals surface area contributed by atoms with Gasteiger partial charge in [0.05, 0.1) is 23.8 Å². The third-order valence-corrected chi connectivity index (χ3v) is 8.42. The maximum Gasteiger partial charge on any atom is 0.319 e. The van der Waals surface area contributed by atoms with E-state index in [1.807, 2.05) is 83.3 Å². The lowest BCUT2D eigenvalue weighted by Gasteiger charge is -2.34. The van der Waals surface area contributed by atoms with E-state index < -0.39 is 5.54 Å². The van der Waals surface area contributed by atoms with Crippen LogP contribution in [0.4, 0.5) is 10.6 Å². The third-order valence-electron chi connectivity index (χ3n) is 8.42. The van der Waals surface area contributed by atoms with E-state index in [-0.39, 0.29) is 29.8 Å². The number of hydrogen-bond acceptors (Lipinski definition) is 5. The van der Waals surface area contributed by atoms with Crippen molar-refractivity contribution in [2.75, 3.05) is 39.0 Å². The standard InChI is InChI=1S/C34H45N7O3/c1-9-11-12-13-23(3)28(22-38(6)7)35-33(44)41-21-27-30(34(41,4)5)39(8)37-31(27)36-32(43)25-16-14-24(15-17-25)26-18-19-40(20-26)29(42)10-2/h9-17,26,28H,2-3,18-22H2,1,4-8H3,(H,35,44)(H,36,37,43)/b11-9-,13-12-/t26?,28-/m1/s1. The summed E-state index contributed by atoms with van der Waals surface area (Å²) in [5.74, 6) is 0.343. The average Bonchev–Trinajstić information content (AvgIpc) is 3.67. The Kier molecular flexibility index (Phi) is 9.94. The van der Waals surface area contributed by atoms with Crippen molar-refractivity contribution in [2.24, 2.45) is 7.05 Å². The summed E-state index contributed by atoms with van der Waals surface area (Å²) in [6.45, 7) is 15.9. The normalized spacial score (nSPS) is 18.2. The number of benzene rings is 1. The first-order valence-electron chi connectivity index (χ1n) is 15.0. The van der Waals surface area contributed by atoms with Crippen LogP contribution >= 0.6 is 0 Å². The molecule has 0 bridgehead atoms. The molecular weight excluding hydrogens is 554 g/mol. The second-order valence-electron chi connectivity index (χ2n) is 12.2. The monoisotopic (exact) mass is 599 g/mol. The van der Waals surface area contributed by atoms with Crippen LogP contribution in [0.2, 0.25) is 0 Å². The third kappa shape index (κ3) is 6.86. The van der Waals surface area contributed by atoms with Crippen LogP contribution in [0.5, 0.6) is 0 Å². The number of likely N-dealkylation sites (tertiary alicyclic amines) is 1. The van der Waals surface area contributed by atoms with E-state index in [9.17, 15) is 14.4 Å². The Bertz CT molecular complexity index is 1480. The van der Waals surface area contributed by atoms with Crippen LogP contribution in [0.25, 0.3) is 0 Å². The van der Waals surface area contributed by atoms with Gasteiger partial charge in [-0.1, -0.05) is 49.6 Å². The number of amides is 4. The molecular formula is C34H45N7O3. The van der Waals surface area contributed by atoms with Crippen LogP contribution in [0, 0.1) is 0 Å². The molecule has 1 fully saturated rings. The fourth-order valence-electron chi connectivity index (χ4n) is 6.09. The van der Waals surface area contributed by atoms with Gasteiger partial charge < -0.3 is 25.3 Å². The molecule has 2 aliphatic rings. The lowest BCUT2D eigenvalue weighted by molar-refractivity contribution is -0.125. The van der Waals surface area contributed by atoms with Crippen molar-refractivity contribution >= 4 is 23.7 Å². The summed E-state index contributed by atoms with van der Waals surface area (Å²) in [6.07, 6.45) is 9.91. The number of urea groups is 1. The molecule has 4 rings (SSSR count). The Labute approximate surface area is 260 Å². The zero-order valence-electron chi connectivity index (χ0n) is 26.8. The summed E-state index contributed by atoms with van der Waals surface area (Å²) in [5.41, 5.74) is 3.42. The highest BCUT2D eigenvalue weighted by molar-refractivity contribution is 6.04. The highest BCUT2D eigenvalue weighted by atomic mass is 16.2. The zero-order chi connectivity index (χ0) is 32.2. The molecule has 1 unspecified atom stereocenters. The molecule has 0 saturated carbocycles. The first-order valence-corrected chi connectivity index (χ1v) is 15.0. The van der Waals surface area contributed by atoms with Crippen molar-refractivity contribution in [1.29, 1.82) is 0 Å². The van der Waals surface area contributed by atoms with Crippen LogP contribution in [0.1, 0.15) is 60.3 Å². The van der Waals surface area contributed by atoms with Crippen molar-refractivity contribution in [2.45, 2.75) is 51.2 Å². The smallest absolute Gasteiger partial charge is 0.319 e. The van der Waals surface area contributed by atoms with Crippen molar-refractivity contribution in [1.82, 2.24) is 29.8 Å². The second kappa shape index (κ2) is 13.5. The molecule has 44 heavy (non-hydrogen) atoms. The van der Waals surface area contributed by atoms with E-state index in [2.05, 4.69) is 28.9 Å². The number of likely N-dealkylation sites (N-methyl/N-ethyl adjacent to an activating group) is 1. The summed E-state index contributed by atoms with van der Waals surface area (Å²) < 4.78 is 1.74. The lowest BCUT2D eigenvalue weighted by Crippen LogP contribution is -2.52. The quantitative estimate of drug-likeness (QED) is 0.308. The fourth-order valence-corrected chi connectivity index (χ4v) is 6.09. The largest absolute Gasteiger partial charge is 0.339 e. The molecule has 0 spiro atoms. The number of fused-ring (bicyclic) bond motifs is 1. The van der Waals surface area contributed by atoms with Crippen molar-refractivity contribution in [3.8, 4) is 0 Å². The van der Waals surface area contributed by atoms with Crippen molar-refractivity contribution in [3.63, 3.8) is 0 Å². The van der Waals surface area contributed by atoms with Crippen LogP contribution in [-0.4, -0.2) is 82.1 Å². The van der Waals surface area contributed by atoms with Gasteiger partial charge in [0, 0.05) is 43.7 Å². The van der Waals surface area contributed by atoms with Crippen LogP contribution in [-0.2, 0) is 23.9 Å². The first kappa shape index (κ1) is 32.5. The number of nitrogens with one attached hydrogen (secondary N) is 2. The molecule has 1 aromatic carbocycles. The maximum atomic E-state index is 13.7. The summed E-state index contributed by atoms with van der Waals surface area (Å²) in [6, 6.07) is 7.01. The molecule has 3 heterocycles. The Balaban J connectivity index is 1.47. The van der Waals surface area contributed by atoms with Crippen LogP contribution in [0.15, 0.2) is 73.4 Å². The molecule has 1 saturated heterocycles. The molecule has 10 nitrogen and oxygen atoms in total. The molecule has 234 valence electrons. The number of nitrogens with zero attached hydrogens (tertiary/aromatic N) is 5. The predicted molar refractivity (Wildman–Crippen MR) is 174 cm³/mol. The number of carbonyl (C=O) groups is 3. The molecule has 4 amide bonds. The highest BCUT2D eigenvalue weighted by Gasteiger charge is 2.45. The van der Waals surface area contributed by atoms with Crippen LogP contribution in [0.3, 0.4) is 0 Å². The Morgan fingerprint density at radius 1 is 1.18 bits per heavy atom. The van der Waals surface area contributed by atoms with Gasteiger partial charge in [-0.15, -0.1) is 0 Å². The van der Waals surface area contributed by atoms with E-state index in [1.165, 1.54) is 6.08 Å². The molecule has 2 N–H and O–H groups in total. The van der Waals surface area contributed by atoms with Gasteiger partial charge in [0.2, 0.25) is 5.91 Å².